The zero-order chi connectivity index (χ0) is 12.9. The second-order valence-electron chi connectivity index (χ2n) is 4.92. The number of aliphatic hydroxyl groups is 1. The Hall–Kier alpha value is -0.380. The van der Waals surface area contributed by atoms with E-state index in [0.29, 0.717) is 0 Å². The van der Waals surface area contributed by atoms with Gasteiger partial charge < -0.3 is 10.4 Å². The molecule has 0 radical (unpaired) electrons. The van der Waals surface area contributed by atoms with Crippen molar-refractivity contribution in [3.63, 3.8) is 0 Å². The molecule has 2 nitrogen and oxygen atoms in total. The molecular formula is C14H25NOS. The van der Waals surface area contributed by atoms with Gasteiger partial charge in [0.25, 0.3) is 0 Å². The van der Waals surface area contributed by atoms with Gasteiger partial charge in [0.05, 0.1) is 0 Å². The molecule has 0 saturated heterocycles. The molecule has 0 aliphatic heterocycles. The summed E-state index contributed by atoms with van der Waals surface area (Å²) in [5.74, 6) is 0. The van der Waals surface area contributed by atoms with Crippen LogP contribution in [0.15, 0.2) is 6.07 Å². The van der Waals surface area contributed by atoms with Crippen molar-refractivity contribution in [2.24, 2.45) is 5.41 Å². The van der Waals surface area contributed by atoms with Crippen molar-refractivity contribution in [3.05, 3.63) is 21.4 Å². The third-order valence-electron chi connectivity index (χ3n) is 3.85. The molecule has 0 aromatic carbocycles. The maximum Gasteiger partial charge on any atom is 0.0499 e. The van der Waals surface area contributed by atoms with E-state index in [-0.39, 0.29) is 12.0 Å². The fraction of sp³-hybridized carbons (Fsp3) is 0.714. The molecule has 98 valence electrons. The van der Waals surface area contributed by atoms with Gasteiger partial charge in [-0.2, -0.15) is 0 Å². The minimum atomic E-state index is 0.0569. The molecule has 0 amide bonds. The SMILES string of the molecule is CCC(CC)(CO)CNCc1cc(C)c(C)s1. The summed E-state index contributed by atoms with van der Waals surface area (Å²) in [4.78, 5) is 2.79. The van der Waals surface area contributed by atoms with Crippen molar-refractivity contribution in [1.29, 1.82) is 0 Å². The summed E-state index contributed by atoms with van der Waals surface area (Å²) < 4.78 is 0. The summed E-state index contributed by atoms with van der Waals surface area (Å²) in [6.07, 6.45) is 2.05. The lowest BCUT2D eigenvalue weighted by atomic mass is 9.83. The smallest absolute Gasteiger partial charge is 0.0499 e. The van der Waals surface area contributed by atoms with Crippen LogP contribution in [0.3, 0.4) is 0 Å². The van der Waals surface area contributed by atoms with Crippen LogP contribution in [0, 0.1) is 19.3 Å². The number of aliphatic hydroxyl groups excluding tert-OH is 1. The summed E-state index contributed by atoms with van der Waals surface area (Å²) >= 11 is 1.86. The quantitative estimate of drug-likeness (QED) is 0.784. The third kappa shape index (κ3) is 3.80. The molecule has 0 aliphatic rings. The van der Waals surface area contributed by atoms with Crippen LogP contribution in [0.5, 0.6) is 0 Å². The molecular weight excluding hydrogens is 230 g/mol. The summed E-state index contributed by atoms with van der Waals surface area (Å²) in [7, 11) is 0. The highest BCUT2D eigenvalue weighted by Crippen LogP contribution is 2.25. The Labute approximate surface area is 109 Å². The van der Waals surface area contributed by atoms with Crippen LogP contribution in [0.1, 0.15) is 42.0 Å². The van der Waals surface area contributed by atoms with Crippen LogP contribution in [0.25, 0.3) is 0 Å². The average molecular weight is 255 g/mol. The van der Waals surface area contributed by atoms with Crippen LogP contribution in [-0.2, 0) is 6.54 Å². The van der Waals surface area contributed by atoms with Gasteiger partial charge in [-0.25, -0.2) is 0 Å². The van der Waals surface area contributed by atoms with Gasteiger partial charge >= 0.3 is 0 Å². The van der Waals surface area contributed by atoms with Crippen molar-refractivity contribution in [3.8, 4) is 0 Å². The van der Waals surface area contributed by atoms with Gasteiger partial charge in [-0.15, -0.1) is 11.3 Å². The number of nitrogens with one attached hydrogen (secondary N) is 1. The van der Waals surface area contributed by atoms with Gasteiger partial charge in [0.2, 0.25) is 0 Å². The molecule has 17 heavy (non-hydrogen) atoms. The van der Waals surface area contributed by atoms with E-state index < -0.39 is 0 Å². The monoisotopic (exact) mass is 255 g/mol. The van der Waals surface area contributed by atoms with Gasteiger partial charge in [0.15, 0.2) is 0 Å². The maximum atomic E-state index is 9.48. The topological polar surface area (TPSA) is 32.3 Å². The van der Waals surface area contributed by atoms with Crippen LogP contribution in [0.4, 0.5) is 0 Å². The predicted molar refractivity (Wildman–Crippen MR) is 75.6 cm³/mol. The van der Waals surface area contributed by atoms with Crippen LogP contribution in [0.2, 0.25) is 0 Å². The lowest BCUT2D eigenvalue weighted by Crippen LogP contribution is -2.36. The fourth-order valence-electron chi connectivity index (χ4n) is 1.97. The van der Waals surface area contributed by atoms with Crippen molar-refractivity contribution in [2.75, 3.05) is 13.2 Å². The molecule has 0 aliphatic carbocycles. The van der Waals surface area contributed by atoms with Gasteiger partial charge in [-0.3, -0.25) is 0 Å². The number of hydrogen-bond donors (Lipinski definition) is 2. The number of thiophene rings is 1. The molecule has 0 fully saturated rings. The zero-order valence-corrected chi connectivity index (χ0v) is 12.3. The molecule has 0 spiro atoms. The second-order valence-corrected chi connectivity index (χ2v) is 6.26. The third-order valence-corrected chi connectivity index (χ3v) is 5.00. The Morgan fingerprint density at radius 3 is 2.35 bits per heavy atom. The van der Waals surface area contributed by atoms with Crippen LogP contribution in [-0.4, -0.2) is 18.3 Å². The first kappa shape index (κ1) is 14.7. The number of hydrogen-bond acceptors (Lipinski definition) is 3. The number of rotatable bonds is 7. The Balaban J connectivity index is 2.46. The van der Waals surface area contributed by atoms with E-state index in [1.165, 1.54) is 15.3 Å². The molecule has 3 heteroatoms. The molecule has 1 aromatic rings. The van der Waals surface area contributed by atoms with E-state index >= 15 is 0 Å². The first-order valence-corrected chi connectivity index (χ1v) is 7.26. The highest BCUT2D eigenvalue weighted by atomic mass is 32.1. The molecule has 0 saturated carbocycles. The minimum absolute atomic E-state index is 0.0569. The second kappa shape index (κ2) is 6.53. The first-order valence-electron chi connectivity index (χ1n) is 6.44. The Morgan fingerprint density at radius 2 is 1.94 bits per heavy atom. The summed E-state index contributed by atoms with van der Waals surface area (Å²) in [6, 6.07) is 2.26. The molecule has 1 heterocycles. The standard InChI is InChI=1S/C14H25NOS/c1-5-14(6-2,10-16)9-15-8-13-7-11(3)12(4)17-13/h7,15-16H,5-6,8-10H2,1-4H3. The van der Waals surface area contributed by atoms with Gasteiger partial charge in [-0.1, -0.05) is 13.8 Å². The predicted octanol–water partition coefficient (Wildman–Crippen LogP) is 3.25. The molecule has 1 rings (SSSR count). The van der Waals surface area contributed by atoms with Crippen molar-refractivity contribution in [1.82, 2.24) is 5.32 Å². The van der Waals surface area contributed by atoms with Crippen molar-refractivity contribution in [2.45, 2.75) is 47.1 Å². The highest BCUT2D eigenvalue weighted by Gasteiger charge is 2.24. The van der Waals surface area contributed by atoms with Gasteiger partial charge in [0, 0.05) is 34.9 Å². The van der Waals surface area contributed by atoms with Crippen LogP contribution < -0.4 is 5.32 Å². The molecule has 0 unspecified atom stereocenters. The molecule has 2 N–H and O–H groups in total. The van der Waals surface area contributed by atoms with E-state index in [9.17, 15) is 5.11 Å². The van der Waals surface area contributed by atoms with E-state index in [4.69, 9.17) is 0 Å². The summed E-state index contributed by atoms with van der Waals surface area (Å²) in [5, 5.41) is 13.0. The Morgan fingerprint density at radius 1 is 1.29 bits per heavy atom. The fourth-order valence-corrected chi connectivity index (χ4v) is 2.99. The maximum absolute atomic E-state index is 9.48. The van der Waals surface area contributed by atoms with E-state index in [1.54, 1.807) is 0 Å². The van der Waals surface area contributed by atoms with Crippen molar-refractivity contribution >= 4 is 11.3 Å². The minimum Gasteiger partial charge on any atom is -0.396 e. The zero-order valence-electron chi connectivity index (χ0n) is 11.5. The number of aryl methyl sites for hydroxylation is 2. The van der Waals surface area contributed by atoms with E-state index in [0.717, 1.165) is 25.9 Å². The normalized spacial score (nSPS) is 12.1. The first-order chi connectivity index (χ1) is 8.06. The van der Waals surface area contributed by atoms with Crippen molar-refractivity contribution < 1.29 is 5.11 Å². The summed E-state index contributed by atoms with van der Waals surface area (Å²) in [5.41, 5.74) is 1.44. The lowest BCUT2D eigenvalue weighted by Gasteiger charge is -2.29. The average Bonchev–Trinajstić information content (AvgIpc) is 2.65. The molecule has 0 bridgehead atoms. The lowest BCUT2D eigenvalue weighted by molar-refractivity contribution is 0.113. The Kier molecular flexibility index (Phi) is 5.63. The molecule has 0 atom stereocenters. The summed E-state index contributed by atoms with van der Waals surface area (Å²) in [6.45, 7) is 10.7. The van der Waals surface area contributed by atoms with E-state index in [1.807, 2.05) is 11.3 Å². The van der Waals surface area contributed by atoms with Gasteiger partial charge in [-0.05, 0) is 38.3 Å². The Bertz CT molecular complexity index is 314. The van der Waals surface area contributed by atoms with Crippen LogP contribution >= 0.6 is 11.3 Å². The highest BCUT2D eigenvalue weighted by molar-refractivity contribution is 7.12. The van der Waals surface area contributed by atoms with E-state index in [2.05, 4.69) is 39.1 Å². The van der Waals surface area contributed by atoms with Gasteiger partial charge in [0.1, 0.15) is 0 Å². The largest absolute Gasteiger partial charge is 0.396 e. The molecule has 1 aromatic heterocycles.